The fraction of sp³-hybridized carbons (Fsp3) is 0.273. The highest BCUT2D eigenvalue weighted by Crippen LogP contribution is 2.42. The van der Waals surface area contributed by atoms with E-state index >= 15 is 0 Å². The SMILES string of the molecule is SC1(c2csc3ccccc23)COC1. The third kappa shape index (κ3) is 1.13. The molecule has 72 valence electrons. The average Bonchev–Trinajstić information content (AvgIpc) is 2.58. The van der Waals surface area contributed by atoms with Crippen molar-refractivity contribution in [2.75, 3.05) is 13.2 Å². The molecule has 1 saturated heterocycles. The van der Waals surface area contributed by atoms with Gasteiger partial charge in [0, 0.05) is 4.70 Å². The summed E-state index contributed by atoms with van der Waals surface area (Å²) in [7, 11) is 0. The van der Waals surface area contributed by atoms with E-state index in [2.05, 4.69) is 42.3 Å². The van der Waals surface area contributed by atoms with Gasteiger partial charge in [-0.15, -0.1) is 11.3 Å². The van der Waals surface area contributed by atoms with Gasteiger partial charge in [-0.1, -0.05) is 18.2 Å². The quantitative estimate of drug-likeness (QED) is 0.730. The number of thiol groups is 1. The van der Waals surface area contributed by atoms with Gasteiger partial charge in [0.1, 0.15) is 0 Å². The number of fused-ring (bicyclic) bond motifs is 1. The first-order valence-corrected chi connectivity index (χ1v) is 5.89. The first-order chi connectivity index (χ1) is 6.80. The number of ether oxygens (including phenoxy) is 1. The molecule has 0 spiro atoms. The van der Waals surface area contributed by atoms with Crippen LogP contribution in [0.15, 0.2) is 29.6 Å². The molecular weight excluding hydrogens is 212 g/mol. The molecule has 1 aliphatic rings. The summed E-state index contributed by atoms with van der Waals surface area (Å²) in [6.07, 6.45) is 0. The molecule has 0 atom stereocenters. The zero-order valence-electron chi connectivity index (χ0n) is 7.56. The highest BCUT2D eigenvalue weighted by Gasteiger charge is 2.38. The van der Waals surface area contributed by atoms with E-state index in [1.165, 1.54) is 15.6 Å². The Bertz CT molecular complexity index is 471. The largest absolute Gasteiger partial charge is 0.378 e. The molecule has 0 aliphatic carbocycles. The highest BCUT2D eigenvalue weighted by molar-refractivity contribution is 7.81. The van der Waals surface area contributed by atoms with E-state index in [9.17, 15) is 0 Å². The maximum absolute atomic E-state index is 5.24. The van der Waals surface area contributed by atoms with Crippen molar-refractivity contribution in [2.24, 2.45) is 0 Å². The molecule has 0 radical (unpaired) electrons. The predicted molar refractivity (Wildman–Crippen MR) is 63.3 cm³/mol. The second-order valence-electron chi connectivity index (χ2n) is 3.67. The van der Waals surface area contributed by atoms with Crippen LogP contribution in [0.5, 0.6) is 0 Å². The molecule has 2 aromatic rings. The molecular formula is C11H10OS2. The lowest BCUT2D eigenvalue weighted by atomic mass is 9.96. The lowest BCUT2D eigenvalue weighted by molar-refractivity contribution is -0.00891. The number of hydrogen-bond acceptors (Lipinski definition) is 3. The van der Waals surface area contributed by atoms with E-state index in [1.54, 1.807) is 11.3 Å². The fourth-order valence-electron chi connectivity index (χ4n) is 1.79. The molecule has 1 aliphatic heterocycles. The van der Waals surface area contributed by atoms with Crippen LogP contribution in [0.3, 0.4) is 0 Å². The third-order valence-electron chi connectivity index (χ3n) is 2.66. The highest BCUT2D eigenvalue weighted by atomic mass is 32.1. The zero-order chi connectivity index (χ0) is 9.60. The van der Waals surface area contributed by atoms with Crippen molar-refractivity contribution >= 4 is 34.1 Å². The molecule has 0 saturated carbocycles. The summed E-state index contributed by atoms with van der Waals surface area (Å²) in [5.41, 5.74) is 1.33. The summed E-state index contributed by atoms with van der Waals surface area (Å²) in [4.78, 5) is 0. The lowest BCUT2D eigenvalue weighted by Crippen LogP contribution is -2.41. The Morgan fingerprint density at radius 2 is 2.07 bits per heavy atom. The van der Waals surface area contributed by atoms with E-state index < -0.39 is 0 Å². The normalized spacial score (nSPS) is 19.5. The standard InChI is InChI=1S/C11H10OS2/c13-11(6-12-7-11)9-5-14-10-4-2-1-3-8(9)10/h1-5,13H,6-7H2. The van der Waals surface area contributed by atoms with E-state index in [0.29, 0.717) is 0 Å². The van der Waals surface area contributed by atoms with E-state index in [4.69, 9.17) is 4.74 Å². The summed E-state index contributed by atoms with van der Waals surface area (Å²) >= 11 is 6.47. The monoisotopic (exact) mass is 222 g/mol. The average molecular weight is 222 g/mol. The Balaban J connectivity index is 2.22. The maximum atomic E-state index is 5.24. The van der Waals surface area contributed by atoms with E-state index in [-0.39, 0.29) is 4.75 Å². The minimum atomic E-state index is -0.0421. The van der Waals surface area contributed by atoms with Crippen LogP contribution in [0.2, 0.25) is 0 Å². The summed E-state index contributed by atoms with van der Waals surface area (Å²) < 4.78 is 6.53. The van der Waals surface area contributed by atoms with Gasteiger partial charge in [-0.2, -0.15) is 12.6 Å². The van der Waals surface area contributed by atoms with Gasteiger partial charge < -0.3 is 4.74 Å². The zero-order valence-corrected chi connectivity index (χ0v) is 9.28. The van der Waals surface area contributed by atoms with E-state index in [0.717, 1.165) is 13.2 Å². The molecule has 3 heteroatoms. The van der Waals surface area contributed by atoms with Crippen LogP contribution < -0.4 is 0 Å². The van der Waals surface area contributed by atoms with Crippen LogP contribution in [0.25, 0.3) is 10.1 Å². The maximum Gasteiger partial charge on any atom is 0.0858 e. The van der Waals surface area contributed by atoms with Crippen molar-refractivity contribution < 1.29 is 4.74 Å². The molecule has 1 aromatic heterocycles. The molecule has 0 amide bonds. The van der Waals surface area contributed by atoms with Gasteiger partial charge in [-0.05, 0) is 22.4 Å². The molecule has 0 N–H and O–H groups in total. The summed E-state index contributed by atoms with van der Waals surface area (Å²) in [6.45, 7) is 1.47. The number of hydrogen-bond donors (Lipinski definition) is 1. The molecule has 2 heterocycles. The minimum Gasteiger partial charge on any atom is -0.378 e. The Hall–Kier alpha value is -0.510. The van der Waals surface area contributed by atoms with Crippen LogP contribution >= 0.6 is 24.0 Å². The van der Waals surface area contributed by atoms with Gasteiger partial charge in [0.25, 0.3) is 0 Å². The number of thiophene rings is 1. The predicted octanol–water partition coefficient (Wildman–Crippen LogP) is 3.06. The van der Waals surface area contributed by atoms with Gasteiger partial charge in [0.15, 0.2) is 0 Å². The van der Waals surface area contributed by atoms with Gasteiger partial charge in [0.05, 0.1) is 18.0 Å². The Kier molecular flexibility index (Phi) is 1.87. The van der Waals surface area contributed by atoms with Crippen LogP contribution in [0.1, 0.15) is 5.56 Å². The molecule has 0 bridgehead atoms. The summed E-state index contributed by atoms with van der Waals surface area (Å²) in [6, 6.07) is 8.47. The minimum absolute atomic E-state index is 0.0421. The molecule has 0 unspecified atom stereocenters. The van der Waals surface area contributed by atoms with Gasteiger partial charge in [-0.3, -0.25) is 0 Å². The van der Waals surface area contributed by atoms with Crippen molar-refractivity contribution in [2.45, 2.75) is 4.75 Å². The van der Waals surface area contributed by atoms with Crippen molar-refractivity contribution in [3.05, 3.63) is 35.2 Å². The van der Waals surface area contributed by atoms with Gasteiger partial charge >= 0.3 is 0 Å². The molecule has 1 fully saturated rings. The molecule has 14 heavy (non-hydrogen) atoms. The second kappa shape index (κ2) is 2.99. The topological polar surface area (TPSA) is 9.23 Å². The fourth-order valence-corrected chi connectivity index (χ4v) is 3.30. The van der Waals surface area contributed by atoms with Crippen molar-refractivity contribution in [3.63, 3.8) is 0 Å². The van der Waals surface area contributed by atoms with Gasteiger partial charge in [0.2, 0.25) is 0 Å². The Labute approximate surface area is 92.1 Å². The molecule has 3 rings (SSSR count). The van der Waals surface area contributed by atoms with Crippen LogP contribution in [0, 0.1) is 0 Å². The van der Waals surface area contributed by atoms with Crippen molar-refractivity contribution in [1.82, 2.24) is 0 Å². The smallest absolute Gasteiger partial charge is 0.0858 e. The first-order valence-electron chi connectivity index (χ1n) is 4.56. The lowest BCUT2D eigenvalue weighted by Gasteiger charge is -2.37. The van der Waals surface area contributed by atoms with Crippen molar-refractivity contribution in [1.29, 1.82) is 0 Å². The summed E-state index contributed by atoms with van der Waals surface area (Å²) in [5, 5.41) is 3.54. The second-order valence-corrected chi connectivity index (χ2v) is 5.44. The van der Waals surface area contributed by atoms with Crippen LogP contribution in [-0.2, 0) is 9.48 Å². The number of benzene rings is 1. The number of rotatable bonds is 1. The van der Waals surface area contributed by atoms with Crippen LogP contribution in [0.4, 0.5) is 0 Å². The molecule has 1 nitrogen and oxygen atoms in total. The van der Waals surface area contributed by atoms with Crippen molar-refractivity contribution in [3.8, 4) is 0 Å². The Morgan fingerprint density at radius 1 is 1.29 bits per heavy atom. The molecule has 1 aromatic carbocycles. The van der Waals surface area contributed by atoms with E-state index in [1.807, 2.05) is 0 Å². The summed E-state index contributed by atoms with van der Waals surface area (Å²) in [5.74, 6) is 0. The van der Waals surface area contributed by atoms with Gasteiger partial charge in [-0.25, -0.2) is 0 Å². The third-order valence-corrected chi connectivity index (χ3v) is 4.13. The van der Waals surface area contributed by atoms with Crippen LogP contribution in [-0.4, -0.2) is 13.2 Å². The first kappa shape index (κ1) is 8.77. The Morgan fingerprint density at radius 3 is 2.79 bits per heavy atom.